The predicted octanol–water partition coefficient (Wildman–Crippen LogP) is 0.288. The van der Waals surface area contributed by atoms with Crippen LogP contribution >= 0.6 is 0 Å². The van der Waals surface area contributed by atoms with Crippen molar-refractivity contribution in [2.24, 2.45) is 5.73 Å². The van der Waals surface area contributed by atoms with Crippen molar-refractivity contribution in [1.82, 2.24) is 5.32 Å². The van der Waals surface area contributed by atoms with Crippen LogP contribution in [-0.2, 0) is 0 Å². The van der Waals surface area contributed by atoms with Crippen molar-refractivity contribution in [1.29, 1.82) is 0 Å². The number of anilines is 2. The highest BCUT2D eigenvalue weighted by molar-refractivity contribution is 5.58. The summed E-state index contributed by atoms with van der Waals surface area (Å²) in [4.78, 5) is 0. The number of hydrogen-bond acceptors (Lipinski definition) is 4. The lowest BCUT2D eigenvalue weighted by Crippen LogP contribution is -2.38. The molecule has 2 unspecified atom stereocenters. The van der Waals surface area contributed by atoms with Gasteiger partial charge in [0.25, 0.3) is 0 Å². The molecule has 1 aromatic rings. The lowest BCUT2D eigenvalue weighted by Gasteiger charge is -2.19. The van der Waals surface area contributed by atoms with Crippen LogP contribution in [0.5, 0.6) is 0 Å². The van der Waals surface area contributed by atoms with Crippen molar-refractivity contribution in [2.45, 2.75) is 19.0 Å². The fraction of sp³-hybridized carbons (Fsp3) is 0.455. The topological polar surface area (TPSA) is 76.1 Å². The van der Waals surface area contributed by atoms with Crippen molar-refractivity contribution in [3.63, 3.8) is 0 Å². The molecule has 15 heavy (non-hydrogen) atoms. The van der Waals surface area contributed by atoms with E-state index in [1.54, 1.807) is 0 Å². The summed E-state index contributed by atoms with van der Waals surface area (Å²) in [6, 6.07) is 6.38. The Morgan fingerprint density at radius 2 is 2.20 bits per heavy atom. The molecule has 1 fully saturated rings. The molecule has 0 aliphatic carbocycles. The average molecular weight is 206 g/mol. The molecule has 2 rings (SSSR count). The fourth-order valence-corrected chi connectivity index (χ4v) is 1.91. The highest BCUT2D eigenvalue weighted by atomic mass is 15.1. The van der Waals surface area contributed by atoms with Crippen molar-refractivity contribution >= 4 is 11.4 Å². The summed E-state index contributed by atoms with van der Waals surface area (Å²) >= 11 is 0. The number of hydrogen-bond donors (Lipinski definition) is 4. The molecule has 0 bridgehead atoms. The average Bonchev–Trinajstić information content (AvgIpc) is 2.57. The monoisotopic (exact) mass is 206 g/mol. The molecular weight excluding hydrogens is 188 g/mol. The zero-order valence-corrected chi connectivity index (χ0v) is 8.96. The lowest BCUT2D eigenvalue weighted by atomic mass is 10.1. The predicted molar refractivity (Wildman–Crippen MR) is 63.8 cm³/mol. The summed E-state index contributed by atoms with van der Waals surface area (Å²) in [6.45, 7) is 3.85. The summed E-state index contributed by atoms with van der Waals surface area (Å²) < 4.78 is 0. The largest absolute Gasteiger partial charge is 0.399 e. The van der Waals surface area contributed by atoms with Gasteiger partial charge in [-0.15, -0.1) is 0 Å². The van der Waals surface area contributed by atoms with E-state index in [1.807, 2.05) is 25.1 Å². The van der Waals surface area contributed by atoms with E-state index in [0.717, 1.165) is 30.0 Å². The number of nitrogen functional groups attached to an aromatic ring is 1. The molecule has 0 amide bonds. The molecule has 0 saturated carbocycles. The molecule has 6 N–H and O–H groups in total. The van der Waals surface area contributed by atoms with Gasteiger partial charge in [0, 0.05) is 30.5 Å². The van der Waals surface area contributed by atoms with E-state index in [0.29, 0.717) is 6.04 Å². The maximum absolute atomic E-state index is 5.96. The van der Waals surface area contributed by atoms with Gasteiger partial charge >= 0.3 is 0 Å². The smallest absolute Gasteiger partial charge is 0.0549 e. The molecule has 2 atom stereocenters. The molecule has 0 spiro atoms. The zero-order chi connectivity index (χ0) is 10.8. The molecule has 1 aliphatic heterocycles. The van der Waals surface area contributed by atoms with Crippen LogP contribution < -0.4 is 22.1 Å². The van der Waals surface area contributed by atoms with Crippen molar-refractivity contribution in [3.05, 3.63) is 23.8 Å². The van der Waals surface area contributed by atoms with Gasteiger partial charge in [0.15, 0.2) is 0 Å². The summed E-state index contributed by atoms with van der Waals surface area (Å²) in [7, 11) is 0. The van der Waals surface area contributed by atoms with Crippen molar-refractivity contribution in [3.8, 4) is 0 Å². The van der Waals surface area contributed by atoms with Crippen molar-refractivity contribution < 1.29 is 0 Å². The Morgan fingerprint density at radius 3 is 2.80 bits per heavy atom. The van der Waals surface area contributed by atoms with Crippen LogP contribution in [-0.4, -0.2) is 25.2 Å². The van der Waals surface area contributed by atoms with E-state index in [2.05, 4.69) is 10.6 Å². The zero-order valence-electron chi connectivity index (χ0n) is 8.96. The van der Waals surface area contributed by atoms with Gasteiger partial charge in [-0.1, -0.05) is 0 Å². The van der Waals surface area contributed by atoms with Gasteiger partial charge in [0.2, 0.25) is 0 Å². The minimum Gasteiger partial charge on any atom is -0.399 e. The van der Waals surface area contributed by atoms with Crippen molar-refractivity contribution in [2.75, 3.05) is 24.1 Å². The molecule has 4 heteroatoms. The van der Waals surface area contributed by atoms with E-state index in [4.69, 9.17) is 11.5 Å². The maximum atomic E-state index is 5.96. The SMILES string of the molecule is Cc1cc(N)ccc1NC1CNCC1N. The number of nitrogens with one attached hydrogen (secondary N) is 2. The number of nitrogens with two attached hydrogens (primary N) is 2. The van der Waals surface area contributed by atoms with Crippen LogP contribution in [0.25, 0.3) is 0 Å². The summed E-state index contributed by atoms with van der Waals surface area (Å²) in [5.41, 5.74) is 14.7. The van der Waals surface area contributed by atoms with Crippen LogP contribution in [0, 0.1) is 6.92 Å². The molecule has 82 valence electrons. The molecular formula is C11H18N4. The first-order valence-electron chi connectivity index (χ1n) is 5.26. The van der Waals surface area contributed by atoms with Gasteiger partial charge in [0.1, 0.15) is 0 Å². The fourth-order valence-electron chi connectivity index (χ4n) is 1.91. The minimum atomic E-state index is 0.182. The molecule has 0 radical (unpaired) electrons. The van der Waals surface area contributed by atoms with Crippen LogP contribution in [0.1, 0.15) is 5.56 Å². The van der Waals surface area contributed by atoms with Crippen LogP contribution in [0.15, 0.2) is 18.2 Å². The van der Waals surface area contributed by atoms with Gasteiger partial charge in [-0.3, -0.25) is 0 Å². The Hall–Kier alpha value is -1.26. The third kappa shape index (κ3) is 2.22. The summed E-state index contributed by atoms with van der Waals surface area (Å²) in [5, 5.41) is 6.70. The molecule has 0 aromatic heterocycles. The molecule has 1 heterocycles. The maximum Gasteiger partial charge on any atom is 0.0549 e. The van der Waals surface area contributed by atoms with Crippen LogP contribution in [0.2, 0.25) is 0 Å². The van der Waals surface area contributed by atoms with Gasteiger partial charge < -0.3 is 22.1 Å². The lowest BCUT2D eigenvalue weighted by molar-refractivity contribution is 0.677. The Morgan fingerprint density at radius 1 is 1.40 bits per heavy atom. The van der Waals surface area contributed by atoms with E-state index < -0.39 is 0 Å². The number of benzene rings is 1. The van der Waals surface area contributed by atoms with Gasteiger partial charge in [-0.2, -0.15) is 0 Å². The summed E-state index contributed by atoms with van der Waals surface area (Å²) in [5.74, 6) is 0. The second-order valence-corrected chi connectivity index (χ2v) is 4.15. The minimum absolute atomic E-state index is 0.182. The van der Waals surface area contributed by atoms with Gasteiger partial charge in [0.05, 0.1) is 6.04 Å². The molecule has 1 aliphatic rings. The van der Waals surface area contributed by atoms with Gasteiger partial charge in [-0.25, -0.2) is 0 Å². The first-order chi connectivity index (χ1) is 7.16. The third-order valence-electron chi connectivity index (χ3n) is 2.85. The Balaban J connectivity index is 2.10. The number of aryl methyl sites for hydroxylation is 1. The second kappa shape index (κ2) is 4.08. The highest BCUT2D eigenvalue weighted by Gasteiger charge is 2.23. The standard InChI is InChI=1S/C11H18N4/c1-7-4-8(12)2-3-10(7)15-11-6-14-5-9(11)13/h2-4,9,11,14-15H,5-6,12-13H2,1H3. The molecule has 1 aromatic carbocycles. The first kappa shape index (κ1) is 10.3. The highest BCUT2D eigenvalue weighted by Crippen LogP contribution is 2.19. The Bertz CT molecular complexity index is 350. The van der Waals surface area contributed by atoms with Gasteiger partial charge in [-0.05, 0) is 30.7 Å². The normalized spacial score (nSPS) is 25.5. The summed E-state index contributed by atoms with van der Waals surface area (Å²) in [6.07, 6.45) is 0. The Kier molecular flexibility index (Phi) is 2.79. The molecule has 4 nitrogen and oxygen atoms in total. The first-order valence-corrected chi connectivity index (χ1v) is 5.26. The van der Waals surface area contributed by atoms with E-state index >= 15 is 0 Å². The van der Waals surface area contributed by atoms with E-state index in [1.165, 1.54) is 0 Å². The molecule has 1 saturated heterocycles. The second-order valence-electron chi connectivity index (χ2n) is 4.15. The van der Waals surface area contributed by atoms with E-state index in [-0.39, 0.29) is 6.04 Å². The quantitative estimate of drug-likeness (QED) is 0.525. The third-order valence-corrected chi connectivity index (χ3v) is 2.85. The number of rotatable bonds is 2. The van der Waals surface area contributed by atoms with E-state index in [9.17, 15) is 0 Å². The van der Waals surface area contributed by atoms with Crippen LogP contribution in [0.4, 0.5) is 11.4 Å². The Labute approximate surface area is 90.0 Å². The van der Waals surface area contributed by atoms with Crippen LogP contribution in [0.3, 0.4) is 0 Å².